The number of rotatable bonds is 5. The van der Waals surface area contributed by atoms with Gasteiger partial charge in [0.15, 0.2) is 0 Å². The van der Waals surface area contributed by atoms with Crippen molar-refractivity contribution in [3.8, 4) is 0 Å². The predicted molar refractivity (Wildman–Crippen MR) is 82.8 cm³/mol. The molecule has 0 bridgehead atoms. The molecule has 2 nitrogen and oxygen atoms in total. The van der Waals surface area contributed by atoms with Crippen LogP contribution in [0.15, 0.2) is 24.3 Å². The maximum atomic E-state index is 5.93. The molecule has 0 spiro atoms. The van der Waals surface area contributed by atoms with Gasteiger partial charge >= 0.3 is 0 Å². The molecular formula is C16H25ClN2. The number of hydrogen-bond donors (Lipinski definition) is 1. The monoisotopic (exact) mass is 280 g/mol. The fourth-order valence-electron chi connectivity index (χ4n) is 2.84. The van der Waals surface area contributed by atoms with Gasteiger partial charge in [-0.05, 0) is 63.5 Å². The first-order chi connectivity index (χ1) is 9.19. The number of piperidine rings is 1. The van der Waals surface area contributed by atoms with Gasteiger partial charge in [-0.1, -0.05) is 30.7 Å². The lowest BCUT2D eigenvalue weighted by molar-refractivity contribution is 0.192. The molecule has 1 N–H and O–H groups in total. The van der Waals surface area contributed by atoms with Crippen molar-refractivity contribution in [2.45, 2.75) is 45.2 Å². The van der Waals surface area contributed by atoms with Crippen molar-refractivity contribution in [3.05, 3.63) is 34.9 Å². The third-order valence-electron chi connectivity index (χ3n) is 3.98. The molecule has 1 aromatic carbocycles. The summed E-state index contributed by atoms with van der Waals surface area (Å²) < 4.78 is 0. The van der Waals surface area contributed by atoms with Gasteiger partial charge in [-0.3, -0.25) is 0 Å². The molecule has 0 amide bonds. The lowest BCUT2D eigenvalue weighted by Gasteiger charge is -2.33. The Morgan fingerprint density at radius 2 is 1.89 bits per heavy atom. The third-order valence-corrected chi connectivity index (χ3v) is 4.24. The Balaban J connectivity index is 1.80. The second kappa shape index (κ2) is 7.28. The summed E-state index contributed by atoms with van der Waals surface area (Å²) in [7, 11) is 0. The summed E-state index contributed by atoms with van der Waals surface area (Å²) in [5.74, 6) is 0. The summed E-state index contributed by atoms with van der Waals surface area (Å²) >= 11 is 5.93. The highest BCUT2D eigenvalue weighted by atomic mass is 35.5. The zero-order valence-corrected chi connectivity index (χ0v) is 12.8. The van der Waals surface area contributed by atoms with Crippen molar-refractivity contribution >= 4 is 11.6 Å². The third kappa shape index (κ3) is 4.48. The number of benzene rings is 1. The molecule has 0 saturated carbocycles. The summed E-state index contributed by atoms with van der Waals surface area (Å²) in [6, 6.07) is 9.23. The van der Waals surface area contributed by atoms with Gasteiger partial charge in [0.2, 0.25) is 0 Å². The normalized spacial score (nSPS) is 19.5. The van der Waals surface area contributed by atoms with E-state index < -0.39 is 0 Å². The van der Waals surface area contributed by atoms with Crippen LogP contribution in [0.25, 0.3) is 0 Å². The first-order valence-electron chi connectivity index (χ1n) is 7.43. The Morgan fingerprint density at radius 1 is 1.26 bits per heavy atom. The van der Waals surface area contributed by atoms with Crippen LogP contribution in [0, 0.1) is 0 Å². The Bertz CT molecular complexity index is 369. The second-order valence-electron chi connectivity index (χ2n) is 5.56. The Kier molecular flexibility index (Phi) is 5.68. The average molecular weight is 281 g/mol. The van der Waals surface area contributed by atoms with Gasteiger partial charge in [0.25, 0.3) is 0 Å². The van der Waals surface area contributed by atoms with E-state index in [1.165, 1.54) is 44.5 Å². The molecular weight excluding hydrogens is 256 g/mol. The van der Waals surface area contributed by atoms with Gasteiger partial charge in [-0.15, -0.1) is 0 Å². The van der Waals surface area contributed by atoms with Crippen LogP contribution < -0.4 is 5.32 Å². The van der Waals surface area contributed by atoms with Crippen molar-refractivity contribution in [1.82, 2.24) is 10.2 Å². The van der Waals surface area contributed by atoms with Crippen molar-refractivity contribution in [2.24, 2.45) is 0 Å². The fourth-order valence-corrected chi connectivity index (χ4v) is 2.97. The number of nitrogens with one attached hydrogen (secondary N) is 1. The molecule has 1 saturated heterocycles. The average Bonchev–Trinajstić information content (AvgIpc) is 2.42. The zero-order valence-electron chi connectivity index (χ0n) is 12.0. The van der Waals surface area contributed by atoms with Crippen molar-refractivity contribution in [3.63, 3.8) is 0 Å². The minimum atomic E-state index is 0.403. The van der Waals surface area contributed by atoms with Gasteiger partial charge in [-0.25, -0.2) is 0 Å². The molecule has 0 aromatic heterocycles. The first kappa shape index (κ1) is 14.8. The van der Waals surface area contributed by atoms with Gasteiger partial charge in [0.1, 0.15) is 0 Å². The minimum Gasteiger partial charge on any atom is -0.307 e. The van der Waals surface area contributed by atoms with E-state index in [1.807, 2.05) is 12.1 Å². The highest BCUT2D eigenvalue weighted by molar-refractivity contribution is 6.30. The first-order valence-corrected chi connectivity index (χ1v) is 7.80. The van der Waals surface area contributed by atoms with E-state index in [-0.39, 0.29) is 0 Å². The van der Waals surface area contributed by atoms with Crippen molar-refractivity contribution in [2.75, 3.05) is 19.6 Å². The lowest BCUT2D eigenvalue weighted by Crippen LogP contribution is -2.43. The highest BCUT2D eigenvalue weighted by Crippen LogP contribution is 2.19. The molecule has 1 unspecified atom stereocenters. The molecule has 3 heteroatoms. The summed E-state index contributed by atoms with van der Waals surface area (Å²) in [6.45, 7) is 8.21. The van der Waals surface area contributed by atoms with Gasteiger partial charge in [0, 0.05) is 17.1 Å². The summed E-state index contributed by atoms with van der Waals surface area (Å²) in [5, 5.41) is 4.56. The van der Waals surface area contributed by atoms with Crippen LogP contribution in [0.3, 0.4) is 0 Å². The predicted octanol–water partition coefficient (Wildman–Crippen LogP) is 3.87. The molecule has 106 valence electrons. The number of nitrogens with zero attached hydrogens (tertiary/aromatic N) is 1. The molecule has 1 atom stereocenters. The quantitative estimate of drug-likeness (QED) is 0.881. The maximum absolute atomic E-state index is 5.93. The van der Waals surface area contributed by atoms with Crippen LogP contribution in [-0.4, -0.2) is 30.6 Å². The van der Waals surface area contributed by atoms with E-state index in [9.17, 15) is 0 Å². The fraction of sp³-hybridized carbons (Fsp3) is 0.625. The van der Waals surface area contributed by atoms with Gasteiger partial charge < -0.3 is 10.2 Å². The molecule has 1 aliphatic rings. The second-order valence-corrected chi connectivity index (χ2v) is 5.99. The van der Waals surface area contributed by atoms with Crippen LogP contribution in [-0.2, 0) is 0 Å². The van der Waals surface area contributed by atoms with Crippen molar-refractivity contribution < 1.29 is 0 Å². The molecule has 1 aliphatic heterocycles. The Morgan fingerprint density at radius 3 is 2.47 bits per heavy atom. The van der Waals surface area contributed by atoms with E-state index >= 15 is 0 Å². The minimum absolute atomic E-state index is 0.403. The molecule has 0 radical (unpaired) electrons. The SMILES string of the molecule is CCCN1CCC(NC(C)c2ccc(Cl)cc2)CC1. The highest BCUT2D eigenvalue weighted by Gasteiger charge is 2.20. The zero-order chi connectivity index (χ0) is 13.7. The topological polar surface area (TPSA) is 15.3 Å². The Hall–Kier alpha value is -0.570. The van der Waals surface area contributed by atoms with E-state index in [0.29, 0.717) is 12.1 Å². The van der Waals surface area contributed by atoms with Crippen LogP contribution >= 0.6 is 11.6 Å². The van der Waals surface area contributed by atoms with Crippen LogP contribution in [0.2, 0.25) is 5.02 Å². The summed E-state index contributed by atoms with van der Waals surface area (Å²) in [5.41, 5.74) is 1.32. The van der Waals surface area contributed by atoms with E-state index in [0.717, 1.165) is 5.02 Å². The van der Waals surface area contributed by atoms with Gasteiger partial charge in [0.05, 0.1) is 0 Å². The molecule has 1 fully saturated rings. The van der Waals surface area contributed by atoms with E-state index in [4.69, 9.17) is 11.6 Å². The molecule has 19 heavy (non-hydrogen) atoms. The lowest BCUT2D eigenvalue weighted by atomic mass is 10.0. The Labute approximate surface area is 122 Å². The summed E-state index contributed by atoms with van der Waals surface area (Å²) in [6.07, 6.45) is 3.79. The van der Waals surface area contributed by atoms with E-state index in [2.05, 4.69) is 36.2 Å². The summed E-state index contributed by atoms with van der Waals surface area (Å²) in [4.78, 5) is 2.57. The smallest absolute Gasteiger partial charge is 0.0406 e. The molecule has 2 rings (SSSR count). The van der Waals surface area contributed by atoms with Crippen LogP contribution in [0.4, 0.5) is 0 Å². The van der Waals surface area contributed by atoms with Crippen molar-refractivity contribution in [1.29, 1.82) is 0 Å². The molecule has 1 aromatic rings. The number of halogens is 1. The maximum Gasteiger partial charge on any atom is 0.0406 e. The molecule has 1 heterocycles. The number of likely N-dealkylation sites (tertiary alicyclic amines) is 1. The number of hydrogen-bond acceptors (Lipinski definition) is 2. The van der Waals surface area contributed by atoms with Crippen LogP contribution in [0.1, 0.15) is 44.7 Å². The van der Waals surface area contributed by atoms with Gasteiger partial charge in [-0.2, -0.15) is 0 Å². The van der Waals surface area contributed by atoms with E-state index in [1.54, 1.807) is 0 Å². The van der Waals surface area contributed by atoms with Crippen LogP contribution in [0.5, 0.6) is 0 Å². The standard InChI is InChI=1S/C16H25ClN2/c1-3-10-19-11-8-16(9-12-19)18-13(2)14-4-6-15(17)7-5-14/h4-7,13,16,18H,3,8-12H2,1-2H3. The molecule has 0 aliphatic carbocycles. The largest absolute Gasteiger partial charge is 0.307 e.